The maximum Gasteiger partial charge on any atom is 0.339 e. The van der Waals surface area contributed by atoms with Crippen LogP contribution in [0.15, 0.2) is 63.8 Å². The number of para-hydroxylation sites is 1. The summed E-state index contributed by atoms with van der Waals surface area (Å²) in [7, 11) is 1.63. The molecular formula is C33H42O7. The van der Waals surface area contributed by atoms with E-state index < -0.39 is 5.75 Å². The third-order valence-electron chi connectivity index (χ3n) is 6.51. The molecule has 0 aliphatic heterocycles. The number of benzene rings is 3. The van der Waals surface area contributed by atoms with Gasteiger partial charge in [-0.2, -0.15) is 0 Å². The van der Waals surface area contributed by atoms with Gasteiger partial charge in [-0.05, 0) is 59.6 Å². The monoisotopic (exact) mass is 550 g/mol. The van der Waals surface area contributed by atoms with E-state index in [9.17, 15) is 15.0 Å². The Morgan fingerprint density at radius 3 is 1.88 bits per heavy atom. The average Bonchev–Trinajstić information content (AvgIpc) is 2.91. The highest BCUT2D eigenvalue weighted by Crippen LogP contribution is 2.39. The molecule has 0 radical (unpaired) electrons. The molecule has 7 heteroatoms. The van der Waals surface area contributed by atoms with E-state index in [1.165, 1.54) is 6.07 Å². The van der Waals surface area contributed by atoms with E-state index in [-0.39, 0.29) is 29.0 Å². The highest BCUT2D eigenvalue weighted by atomic mass is 16.5. The largest absolute Gasteiger partial charge is 0.508 e. The molecule has 0 saturated heterocycles. The number of aromatic hydroxyl groups is 4. The van der Waals surface area contributed by atoms with Crippen LogP contribution in [0.2, 0.25) is 0 Å². The summed E-state index contributed by atoms with van der Waals surface area (Å²) in [5.74, 6) is 0.796. The molecule has 0 unspecified atom stereocenters. The summed E-state index contributed by atoms with van der Waals surface area (Å²) in [5, 5.41) is 38.2. The quantitative estimate of drug-likeness (QED) is 0.147. The third kappa shape index (κ3) is 7.94. The Morgan fingerprint density at radius 1 is 0.725 bits per heavy atom. The van der Waals surface area contributed by atoms with E-state index in [1.807, 2.05) is 58.0 Å². The number of phenols is 4. The van der Waals surface area contributed by atoms with Crippen LogP contribution in [0.25, 0.3) is 11.0 Å². The van der Waals surface area contributed by atoms with Gasteiger partial charge in [0.2, 0.25) is 5.75 Å². The highest BCUT2D eigenvalue weighted by molar-refractivity contribution is 5.76. The van der Waals surface area contributed by atoms with Crippen LogP contribution in [0.4, 0.5) is 0 Å². The number of hydrogen-bond donors (Lipinski definition) is 4. The van der Waals surface area contributed by atoms with Crippen LogP contribution in [0.3, 0.4) is 0 Å². The predicted molar refractivity (Wildman–Crippen MR) is 160 cm³/mol. The summed E-state index contributed by atoms with van der Waals surface area (Å²) in [5.41, 5.74) is 3.94. The van der Waals surface area contributed by atoms with Gasteiger partial charge in [-0.15, -0.1) is 0 Å². The van der Waals surface area contributed by atoms with Crippen molar-refractivity contribution in [1.29, 1.82) is 0 Å². The second kappa shape index (κ2) is 14.3. The minimum atomic E-state index is -0.443. The first-order valence-electron chi connectivity index (χ1n) is 13.5. The summed E-state index contributed by atoms with van der Waals surface area (Å²) >= 11 is 0. The van der Waals surface area contributed by atoms with Gasteiger partial charge < -0.3 is 29.6 Å². The zero-order chi connectivity index (χ0) is 30.1. The van der Waals surface area contributed by atoms with E-state index in [4.69, 9.17) is 19.4 Å². The summed E-state index contributed by atoms with van der Waals surface area (Å²) in [6, 6.07) is 16.1. The molecule has 1 heterocycles. The lowest BCUT2D eigenvalue weighted by Crippen LogP contribution is -2.08. The highest BCUT2D eigenvalue weighted by Gasteiger charge is 2.13. The molecule has 40 heavy (non-hydrogen) atoms. The van der Waals surface area contributed by atoms with Crippen LogP contribution in [0, 0.1) is 0 Å². The molecule has 1 aromatic heterocycles. The Hall–Kier alpha value is -4.13. The molecule has 3 aromatic carbocycles. The molecule has 0 aliphatic carbocycles. The van der Waals surface area contributed by atoms with Crippen LogP contribution >= 0.6 is 0 Å². The fourth-order valence-corrected chi connectivity index (χ4v) is 4.09. The minimum absolute atomic E-state index is 0.122. The van der Waals surface area contributed by atoms with Gasteiger partial charge in [0.25, 0.3) is 0 Å². The van der Waals surface area contributed by atoms with Crippen LogP contribution < -0.4 is 10.4 Å². The predicted octanol–water partition coefficient (Wildman–Crippen LogP) is 7.93. The summed E-state index contributed by atoms with van der Waals surface area (Å²) in [6.07, 6.45) is 0.920. The maximum atomic E-state index is 11.5. The molecule has 0 amide bonds. The van der Waals surface area contributed by atoms with Crippen LogP contribution in [0.5, 0.6) is 28.7 Å². The average molecular weight is 551 g/mol. The van der Waals surface area contributed by atoms with Gasteiger partial charge in [-0.1, -0.05) is 72.7 Å². The summed E-state index contributed by atoms with van der Waals surface area (Å²) in [6.45, 7) is 14.0. The van der Waals surface area contributed by atoms with Gasteiger partial charge in [-0.3, -0.25) is 0 Å². The van der Waals surface area contributed by atoms with Crippen LogP contribution in [-0.2, 0) is 6.42 Å². The third-order valence-corrected chi connectivity index (χ3v) is 6.51. The number of fused-ring (bicyclic) bond motifs is 1. The lowest BCUT2D eigenvalue weighted by molar-refractivity contribution is 0.364. The Balaban J connectivity index is 0.000000211. The van der Waals surface area contributed by atoms with Crippen molar-refractivity contribution in [2.45, 2.75) is 72.6 Å². The van der Waals surface area contributed by atoms with E-state index in [1.54, 1.807) is 25.3 Å². The Bertz CT molecular complexity index is 1470. The molecule has 0 saturated carbocycles. The number of phenolic OH excluding ortho intramolecular Hbond substituents is 4. The zero-order valence-corrected chi connectivity index (χ0v) is 24.6. The van der Waals surface area contributed by atoms with Crippen molar-refractivity contribution < 1.29 is 29.6 Å². The van der Waals surface area contributed by atoms with Gasteiger partial charge >= 0.3 is 5.63 Å². The molecule has 216 valence electrons. The SMILES string of the molecule is CC(C)c1cc2ccccc2oc1=O.CC(C)c1ccc(O)c(O)c1O.CCc1cc(C(C)C)c(O)cc1OC. The molecular weight excluding hydrogens is 508 g/mol. The van der Waals surface area contributed by atoms with Crippen molar-refractivity contribution in [1.82, 2.24) is 0 Å². The summed E-state index contributed by atoms with van der Waals surface area (Å²) < 4.78 is 10.4. The maximum absolute atomic E-state index is 11.5. The van der Waals surface area contributed by atoms with Gasteiger partial charge in [0, 0.05) is 22.6 Å². The fraction of sp³-hybridized carbons (Fsp3) is 0.364. The van der Waals surface area contributed by atoms with Gasteiger partial charge in [-0.25, -0.2) is 4.79 Å². The van der Waals surface area contributed by atoms with Gasteiger partial charge in [0.1, 0.15) is 17.1 Å². The van der Waals surface area contributed by atoms with Crippen LogP contribution in [0.1, 0.15) is 88.5 Å². The number of hydrogen-bond acceptors (Lipinski definition) is 7. The second-order valence-corrected chi connectivity index (χ2v) is 10.4. The van der Waals surface area contributed by atoms with Crippen molar-refractivity contribution in [2.24, 2.45) is 0 Å². The molecule has 0 aliphatic rings. The van der Waals surface area contributed by atoms with E-state index >= 15 is 0 Å². The smallest absolute Gasteiger partial charge is 0.339 e. The molecule has 0 spiro atoms. The number of aryl methyl sites for hydroxylation is 1. The number of methoxy groups -OCH3 is 1. The van der Waals surface area contributed by atoms with Crippen molar-refractivity contribution in [3.8, 4) is 28.7 Å². The normalized spacial score (nSPS) is 10.8. The Kier molecular flexibility index (Phi) is 11.5. The topological polar surface area (TPSA) is 120 Å². The molecule has 0 bridgehead atoms. The van der Waals surface area contributed by atoms with E-state index in [2.05, 4.69) is 20.8 Å². The fourth-order valence-electron chi connectivity index (χ4n) is 4.09. The minimum Gasteiger partial charge on any atom is -0.508 e. The number of rotatable bonds is 5. The second-order valence-electron chi connectivity index (χ2n) is 10.4. The zero-order valence-electron chi connectivity index (χ0n) is 24.6. The van der Waals surface area contributed by atoms with Crippen molar-refractivity contribution in [3.05, 3.63) is 87.3 Å². The standard InChI is InChI=1S/C12H12O2.C12H18O2.C9H12O3/c1-8(2)10-7-9-5-3-4-6-11(9)14-12(10)13;1-5-9-6-10(8(2)3)11(13)7-12(9)14-4;1-5(2)6-3-4-7(10)9(12)8(6)11/h3-8H,1-2H3;6-8,13H,5H2,1-4H3;3-5,10-12H,1-2H3. The van der Waals surface area contributed by atoms with Crippen molar-refractivity contribution in [2.75, 3.05) is 7.11 Å². The molecule has 4 N–H and O–H groups in total. The van der Waals surface area contributed by atoms with E-state index in [0.29, 0.717) is 22.8 Å². The Labute approximate surface area is 236 Å². The molecule has 0 atom stereocenters. The summed E-state index contributed by atoms with van der Waals surface area (Å²) in [4.78, 5) is 11.5. The first kappa shape index (κ1) is 32.1. The van der Waals surface area contributed by atoms with Crippen molar-refractivity contribution >= 4 is 11.0 Å². The van der Waals surface area contributed by atoms with Crippen molar-refractivity contribution in [3.63, 3.8) is 0 Å². The van der Waals surface area contributed by atoms with Gasteiger partial charge in [0.05, 0.1) is 7.11 Å². The molecule has 7 nitrogen and oxygen atoms in total. The lowest BCUT2D eigenvalue weighted by atomic mass is 9.98. The Morgan fingerprint density at radius 2 is 1.32 bits per heavy atom. The first-order chi connectivity index (χ1) is 18.8. The van der Waals surface area contributed by atoms with Crippen LogP contribution in [-0.4, -0.2) is 27.5 Å². The molecule has 0 fully saturated rings. The molecule has 4 aromatic rings. The first-order valence-corrected chi connectivity index (χ1v) is 13.5. The molecule has 4 rings (SSSR count). The number of ether oxygens (including phenoxy) is 1. The van der Waals surface area contributed by atoms with Gasteiger partial charge in [0.15, 0.2) is 11.5 Å². The lowest BCUT2D eigenvalue weighted by Gasteiger charge is -2.13. The van der Waals surface area contributed by atoms with E-state index in [0.717, 1.165) is 34.2 Å².